The number of rotatable bonds is 5. The smallest absolute Gasteiger partial charge is 0.148 e. The first kappa shape index (κ1) is 14.9. The van der Waals surface area contributed by atoms with E-state index in [1.165, 1.54) is 19.1 Å². The van der Waals surface area contributed by atoms with E-state index in [9.17, 15) is 8.42 Å². The normalized spacial score (nSPS) is 25.5. The molecule has 1 aliphatic rings. The molecule has 0 aromatic carbocycles. The fraction of sp³-hybridized carbons (Fsp3) is 1.00. The van der Waals surface area contributed by atoms with Crippen molar-refractivity contribution in [3.05, 3.63) is 0 Å². The molecule has 0 radical (unpaired) electrons. The van der Waals surface area contributed by atoms with E-state index in [-0.39, 0.29) is 11.8 Å². The van der Waals surface area contributed by atoms with Crippen molar-refractivity contribution in [3.8, 4) is 0 Å². The number of sulfone groups is 1. The Morgan fingerprint density at radius 2 is 2.18 bits per heavy atom. The second-order valence-electron chi connectivity index (χ2n) is 5.23. The average molecular weight is 262 g/mol. The summed E-state index contributed by atoms with van der Waals surface area (Å²) >= 11 is 0. The quantitative estimate of drug-likeness (QED) is 0.799. The fourth-order valence-corrected chi connectivity index (χ4v) is 3.60. The summed E-state index contributed by atoms with van der Waals surface area (Å²) in [7, 11) is -2.88. The molecule has 1 N–H and O–H groups in total. The largest absolute Gasteiger partial charge is 0.313 e. The van der Waals surface area contributed by atoms with E-state index in [2.05, 4.69) is 17.1 Å². The fourth-order valence-electron chi connectivity index (χ4n) is 2.51. The van der Waals surface area contributed by atoms with Gasteiger partial charge in [-0.1, -0.05) is 13.3 Å². The van der Waals surface area contributed by atoms with Crippen LogP contribution >= 0.6 is 0 Å². The molecule has 4 nitrogen and oxygen atoms in total. The van der Waals surface area contributed by atoms with Gasteiger partial charge in [0.25, 0.3) is 0 Å². The Labute approximate surface area is 106 Å². The van der Waals surface area contributed by atoms with Crippen molar-refractivity contribution in [1.29, 1.82) is 0 Å². The van der Waals surface area contributed by atoms with E-state index >= 15 is 0 Å². The van der Waals surface area contributed by atoms with Crippen molar-refractivity contribution in [3.63, 3.8) is 0 Å². The summed E-state index contributed by atoms with van der Waals surface area (Å²) in [4.78, 5) is 2.32. The number of nitrogens with zero attached hydrogens (tertiary/aromatic N) is 1. The van der Waals surface area contributed by atoms with Gasteiger partial charge in [-0.3, -0.25) is 4.90 Å². The molecule has 0 aromatic heterocycles. The lowest BCUT2D eigenvalue weighted by molar-refractivity contribution is 0.216. The van der Waals surface area contributed by atoms with Crippen LogP contribution < -0.4 is 5.32 Å². The first-order chi connectivity index (χ1) is 7.92. The lowest BCUT2D eigenvalue weighted by atomic mass is 10.1. The highest BCUT2D eigenvalue weighted by Crippen LogP contribution is 2.10. The summed E-state index contributed by atoms with van der Waals surface area (Å²) in [6.45, 7) is 7.24. The van der Waals surface area contributed by atoms with Crippen LogP contribution in [-0.2, 0) is 9.84 Å². The molecule has 0 bridgehead atoms. The molecule has 1 rings (SSSR count). The Kier molecular flexibility index (Phi) is 5.89. The highest BCUT2D eigenvalue weighted by molar-refractivity contribution is 7.90. The third-order valence-corrected chi connectivity index (χ3v) is 4.40. The van der Waals surface area contributed by atoms with Crippen LogP contribution in [0, 0.1) is 0 Å². The molecule has 1 heterocycles. The van der Waals surface area contributed by atoms with Crippen molar-refractivity contribution in [2.75, 3.05) is 31.6 Å². The minimum absolute atomic E-state index is 0.129. The molecule has 2 atom stereocenters. The van der Waals surface area contributed by atoms with Gasteiger partial charge in [0, 0.05) is 24.9 Å². The SMILES string of the molecule is CCCC1CN(C(C)CS(C)(=O)=O)CCCN1. The standard InChI is InChI=1S/C12H26N2O2S/c1-4-6-12-9-14(8-5-7-13-12)11(2)10-17(3,15)16/h11-13H,4-10H2,1-3H3. The summed E-state index contributed by atoms with van der Waals surface area (Å²) in [6.07, 6.45) is 4.77. The monoisotopic (exact) mass is 262 g/mol. The Hall–Kier alpha value is -0.130. The summed E-state index contributed by atoms with van der Waals surface area (Å²) in [5.74, 6) is 0.270. The maximum atomic E-state index is 11.3. The molecular formula is C12H26N2O2S. The predicted molar refractivity (Wildman–Crippen MR) is 72.1 cm³/mol. The first-order valence-corrected chi connectivity index (χ1v) is 8.63. The average Bonchev–Trinajstić information content (AvgIpc) is 2.41. The van der Waals surface area contributed by atoms with Gasteiger partial charge < -0.3 is 5.32 Å². The van der Waals surface area contributed by atoms with Crippen LogP contribution in [0.5, 0.6) is 0 Å². The lowest BCUT2D eigenvalue weighted by Gasteiger charge is -2.29. The molecular weight excluding hydrogens is 236 g/mol. The Bertz CT molecular complexity index is 316. The highest BCUT2D eigenvalue weighted by atomic mass is 32.2. The Balaban J connectivity index is 2.55. The third-order valence-electron chi connectivity index (χ3n) is 3.31. The maximum Gasteiger partial charge on any atom is 0.148 e. The summed E-state index contributed by atoms with van der Waals surface area (Å²) in [6, 6.07) is 0.647. The molecule has 1 saturated heterocycles. The van der Waals surface area contributed by atoms with Crippen molar-refractivity contribution in [2.45, 2.75) is 45.2 Å². The van der Waals surface area contributed by atoms with Gasteiger partial charge in [-0.25, -0.2) is 8.42 Å². The molecule has 1 fully saturated rings. The topological polar surface area (TPSA) is 49.4 Å². The molecule has 102 valence electrons. The van der Waals surface area contributed by atoms with E-state index in [0.29, 0.717) is 6.04 Å². The van der Waals surface area contributed by atoms with Gasteiger partial charge in [0.1, 0.15) is 9.84 Å². The van der Waals surface area contributed by atoms with Gasteiger partial charge in [-0.2, -0.15) is 0 Å². The molecule has 0 spiro atoms. The zero-order valence-electron chi connectivity index (χ0n) is 11.3. The minimum Gasteiger partial charge on any atom is -0.313 e. The van der Waals surface area contributed by atoms with Gasteiger partial charge in [0.05, 0.1) is 5.75 Å². The summed E-state index contributed by atoms with van der Waals surface area (Å²) in [5.41, 5.74) is 0. The van der Waals surface area contributed by atoms with E-state index in [1.54, 1.807) is 0 Å². The van der Waals surface area contributed by atoms with Crippen molar-refractivity contribution in [1.82, 2.24) is 10.2 Å². The van der Waals surface area contributed by atoms with Crippen LogP contribution in [0.2, 0.25) is 0 Å². The van der Waals surface area contributed by atoms with Crippen LogP contribution in [0.25, 0.3) is 0 Å². The first-order valence-electron chi connectivity index (χ1n) is 6.57. The van der Waals surface area contributed by atoms with Gasteiger partial charge in [-0.05, 0) is 32.9 Å². The lowest BCUT2D eigenvalue weighted by Crippen LogP contribution is -2.44. The molecule has 0 amide bonds. The van der Waals surface area contributed by atoms with Crippen molar-refractivity contribution >= 4 is 9.84 Å². The van der Waals surface area contributed by atoms with Gasteiger partial charge in [-0.15, -0.1) is 0 Å². The maximum absolute atomic E-state index is 11.3. The summed E-state index contributed by atoms with van der Waals surface area (Å²) < 4.78 is 22.7. The van der Waals surface area contributed by atoms with Crippen LogP contribution in [0.4, 0.5) is 0 Å². The van der Waals surface area contributed by atoms with Crippen LogP contribution in [0.15, 0.2) is 0 Å². The highest BCUT2D eigenvalue weighted by Gasteiger charge is 2.23. The van der Waals surface area contributed by atoms with Crippen LogP contribution in [0.3, 0.4) is 0 Å². The minimum atomic E-state index is -2.88. The van der Waals surface area contributed by atoms with Crippen LogP contribution in [-0.4, -0.2) is 57.0 Å². The van der Waals surface area contributed by atoms with Crippen molar-refractivity contribution < 1.29 is 8.42 Å². The van der Waals surface area contributed by atoms with E-state index in [0.717, 1.165) is 26.1 Å². The second kappa shape index (κ2) is 6.71. The molecule has 0 aliphatic carbocycles. The molecule has 0 aromatic rings. The van der Waals surface area contributed by atoms with E-state index in [4.69, 9.17) is 0 Å². The Morgan fingerprint density at radius 1 is 1.47 bits per heavy atom. The number of nitrogens with one attached hydrogen (secondary N) is 1. The number of hydrogen-bond acceptors (Lipinski definition) is 4. The zero-order chi connectivity index (χ0) is 12.9. The molecule has 5 heteroatoms. The van der Waals surface area contributed by atoms with E-state index < -0.39 is 9.84 Å². The van der Waals surface area contributed by atoms with Gasteiger partial charge in [0.2, 0.25) is 0 Å². The molecule has 1 aliphatic heterocycles. The van der Waals surface area contributed by atoms with Gasteiger partial charge >= 0.3 is 0 Å². The number of hydrogen-bond donors (Lipinski definition) is 1. The predicted octanol–water partition coefficient (Wildman–Crippen LogP) is 0.884. The summed E-state index contributed by atoms with van der Waals surface area (Å²) in [5, 5.41) is 3.54. The van der Waals surface area contributed by atoms with Crippen molar-refractivity contribution in [2.24, 2.45) is 0 Å². The third kappa shape index (κ3) is 5.84. The Morgan fingerprint density at radius 3 is 2.76 bits per heavy atom. The molecule has 17 heavy (non-hydrogen) atoms. The zero-order valence-corrected chi connectivity index (χ0v) is 12.1. The molecule has 0 saturated carbocycles. The molecule has 2 unspecified atom stereocenters. The second-order valence-corrected chi connectivity index (χ2v) is 7.41. The van der Waals surface area contributed by atoms with E-state index in [1.807, 2.05) is 6.92 Å². The van der Waals surface area contributed by atoms with Gasteiger partial charge in [0.15, 0.2) is 0 Å². The van der Waals surface area contributed by atoms with Crippen LogP contribution in [0.1, 0.15) is 33.1 Å².